The fourth-order valence-electron chi connectivity index (χ4n) is 2.90. The first-order valence-electron chi connectivity index (χ1n) is 10.3. The number of nitrogens with one attached hydrogen (secondary N) is 3. The molecule has 7 heteroatoms. The van der Waals surface area contributed by atoms with Gasteiger partial charge in [0, 0.05) is 36.7 Å². The van der Waals surface area contributed by atoms with Gasteiger partial charge in [-0.1, -0.05) is 36.4 Å². The highest BCUT2D eigenvalue weighted by molar-refractivity contribution is 5.96. The van der Waals surface area contributed by atoms with Crippen molar-refractivity contribution in [3.8, 4) is 5.75 Å². The Morgan fingerprint density at radius 3 is 2.41 bits per heavy atom. The zero-order chi connectivity index (χ0) is 22.6. The monoisotopic (exact) mass is 433 g/mol. The summed E-state index contributed by atoms with van der Waals surface area (Å²) in [4.78, 5) is 24.3. The Morgan fingerprint density at radius 2 is 1.66 bits per heavy atom. The van der Waals surface area contributed by atoms with E-state index in [0.717, 1.165) is 17.0 Å². The molecule has 32 heavy (non-hydrogen) atoms. The number of ether oxygens (including phenoxy) is 2. The first-order valence-corrected chi connectivity index (χ1v) is 10.3. The zero-order valence-electron chi connectivity index (χ0n) is 18.0. The van der Waals surface area contributed by atoms with E-state index in [4.69, 9.17) is 9.47 Å². The minimum absolute atomic E-state index is 0.0986. The fourth-order valence-corrected chi connectivity index (χ4v) is 2.90. The standard InChI is InChI=1S/C25H27N3O4/c1-31-15-14-26-25(30)20-10-12-21(13-11-20)28-24(29)17-27-22-8-5-9-23(16-22)32-18-19-6-3-2-4-7-19/h2-13,16,27H,14-15,17-18H2,1H3,(H,26,30)(H,28,29). The summed E-state index contributed by atoms with van der Waals surface area (Å²) in [6.07, 6.45) is 0. The van der Waals surface area contributed by atoms with Crippen molar-refractivity contribution in [1.82, 2.24) is 5.32 Å². The second-order valence-corrected chi connectivity index (χ2v) is 7.03. The molecule has 3 aromatic carbocycles. The fraction of sp³-hybridized carbons (Fsp3) is 0.200. The van der Waals surface area contributed by atoms with Crippen LogP contribution in [0.3, 0.4) is 0 Å². The van der Waals surface area contributed by atoms with E-state index in [1.54, 1.807) is 31.4 Å². The molecule has 0 spiro atoms. The van der Waals surface area contributed by atoms with Gasteiger partial charge in [-0.05, 0) is 42.0 Å². The first-order chi connectivity index (χ1) is 15.6. The number of carbonyl (C=O) groups is 2. The number of carbonyl (C=O) groups excluding carboxylic acids is 2. The van der Waals surface area contributed by atoms with Gasteiger partial charge in [-0.25, -0.2) is 0 Å². The van der Waals surface area contributed by atoms with Crippen LogP contribution in [-0.4, -0.2) is 38.6 Å². The molecule has 0 aliphatic carbocycles. The third-order valence-electron chi connectivity index (χ3n) is 4.56. The molecule has 3 rings (SSSR count). The van der Waals surface area contributed by atoms with Crippen molar-refractivity contribution in [2.24, 2.45) is 0 Å². The van der Waals surface area contributed by atoms with Crippen LogP contribution in [-0.2, 0) is 16.1 Å². The lowest BCUT2D eigenvalue weighted by atomic mass is 10.2. The molecule has 3 N–H and O–H groups in total. The van der Waals surface area contributed by atoms with Gasteiger partial charge in [0.1, 0.15) is 12.4 Å². The topological polar surface area (TPSA) is 88.7 Å². The molecule has 0 fully saturated rings. The molecule has 0 aliphatic rings. The molecule has 0 aromatic heterocycles. The van der Waals surface area contributed by atoms with Crippen LogP contribution >= 0.6 is 0 Å². The van der Waals surface area contributed by atoms with Gasteiger partial charge in [0.25, 0.3) is 5.91 Å². The van der Waals surface area contributed by atoms with E-state index in [9.17, 15) is 9.59 Å². The minimum Gasteiger partial charge on any atom is -0.489 e. The molecule has 0 atom stereocenters. The predicted octanol–water partition coefficient (Wildman–Crippen LogP) is 3.69. The summed E-state index contributed by atoms with van der Waals surface area (Å²) in [6.45, 7) is 1.47. The van der Waals surface area contributed by atoms with E-state index >= 15 is 0 Å². The number of benzene rings is 3. The smallest absolute Gasteiger partial charge is 0.251 e. The van der Waals surface area contributed by atoms with Gasteiger partial charge in [-0.2, -0.15) is 0 Å². The molecule has 3 aromatic rings. The van der Waals surface area contributed by atoms with E-state index in [-0.39, 0.29) is 18.4 Å². The van der Waals surface area contributed by atoms with Crippen molar-refractivity contribution >= 4 is 23.2 Å². The summed E-state index contributed by atoms with van der Waals surface area (Å²) >= 11 is 0. The Hall–Kier alpha value is -3.84. The number of methoxy groups -OCH3 is 1. The summed E-state index contributed by atoms with van der Waals surface area (Å²) in [5.41, 5.74) is 3.01. The van der Waals surface area contributed by atoms with Gasteiger partial charge in [0.15, 0.2) is 0 Å². The van der Waals surface area contributed by atoms with Crippen molar-refractivity contribution in [1.29, 1.82) is 0 Å². The third-order valence-corrected chi connectivity index (χ3v) is 4.56. The average molecular weight is 434 g/mol. The van der Waals surface area contributed by atoms with Crippen LogP contribution < -0.4 is 20.7 Å². The SMILES string of the molecule is COCCNC(=O)c1ccc(NC(=O)CNc2cccc(OCc3ccccc3)c2)cc1. The van der Waals surface area contributed by atoms with Crippen LogP contribution in [0.15, 0.2) is 78.9 Å². The summed E-state index contributed by atoms with van der Waals surface area (Å²) in [5.74, 6) is 0.340. The van der Waals surface area contributed by atoms with Crippen molar-refractivity contribution in [2.75, 3.05) is 37.4 Å². The van der Waals surface area contributed by atoms with E-state index in [1.807, 2.05) is 54.6 Å². The van der Waals surface area contributed by atoms with Crippen LogP contribution in [0.4, 0.5) is 11.4 Å². The van der Waals surface area contributed by atoms with Crippen molar-refractivity contribution in [2.45, 2.75) is 6.61 Å². The molecular formula is C25H27N3O4. The van der Waals surface area contributed by atoms with Crippen LogP contribution in [0.25, 0.3) is 0 Å². The largest absolute Gasteiger partial charge is 0.489 e. The molecule has 0 aliphatic heterocycles. The molecule has 0 bridgehead atoms. The molecule has 0 unspecified atom stereocenters. The number of rotatable bonds is 11. The molecule has 0 heterocycles. The van der Waals surface area contributed by atoms with Gasteiger partial charge in [-0.15, -0.1) is 0 Å². The van der Waals surface area contributed by atoms with Crippen LogP contribution in [0, 0.1) is 0 Å². The minimum atomic E-state index is -0.196. The summed E-state index contributed by atoms with van der Waals surface area (Å²) in [7, 11) is 1.58. The Morgan fingerprint density at radius 1 is 0.875 bits per heavy atom. The van der Waals surface area contributed by atoms with E-state index < -0.39 is 0 Å². The van der Waals surface area contributed by atoms with Crippen molar-refractivity contribution in [3.63, 3.8) is 0 Å². The molecule has 0 saturated carbocycles. The third kappa shape index (κ3) is 7.45. The maximum atomic E-state index is 12.3. The maximum Gasteiger partial charge on any atom is 0.251 e. The maximum absolute atomic E-state index is 12.3. The number of hydrogen-bond acceptors (Lipinski definition) is 5. The second-order valence-electron chi connectivity index (χ2n) is 7.03. The number of anilines is 2. The molecule has 2 amide bonds. The number of hydrogen-bond donors (Lipinski definition) is 3. The summed E-state index contributed by atoms with van der Waals surface area (Å²) in [5, 5.41) is 8.65. The lowest BCUT2D eigenvalue weighted by Crippen LogP contribution is -2.27. The first kappa shape index (κ1) is 22.8. The normalized spacial score (nSPS) is 10.3. The zero-order valence-corrected chi connectivity index (χ0v) is 18.0. The lowest BCUT2D eigenvalue weighted by Gasteiger charge is -2.11. The number of amides is 2. The summed E-state index contributed by atoms with van der Waals surface area (Å²) in [6, 6.07) is 24.1. The Kier molecular flexibility index (Phi) is 8.65. The van der Waals surface area contributed by atoms with Crippen LogP contribution in [0.1, 0.15) is 15.9 Å². The second kappa shape index (κ2) is 12.1. The van der Waals surface area contributed by atoms with Gasteiger partial charge in [-0.3, -0.25) is 9.59 Å². The van der Waals surface area contributed by atoms with Crippen LogP contribution in [0.2, 0.25) is 0 Å². The summed E-state index contributed by atoms with van der Waals surface area (Å²) < 4.78 is 10.7. The van der Waals surface area contributed by atoms with Gasteiger partial charge in [0.05, 0.1) is 13.2 Å². The Labute approximate surface area is 187 Å². The average Bonchev–Trinajstić information content (AvgIpc) is 2.83. The highest BCUT2D eigenvalue weighted by Gasteiger charge is 2.07. The predicted molar refractivity (Wildman–Crippen MR) is 125 cm³/mol. The highest BCUT2D eigenvalue weighted by Crippen LogP contribution is 2.18. The lowest BCUT2D eigenvalue weighted by molar-refractivity contribution is -0.114. The molecule has 0 radical (unpaired) electrons. The van der Waals surface area contributed by atoms with E-state index in [1.165, 1.54) is 0 Å². The van der Waals surface area contributed by atoms with Gasteiger partial charge >= 0.3 is 0 Å². The van der Waals surface area contributed by atoms with Crippen LogP contribution in [0.5, 0.6) is 5.75 Å². The molecule has 7 nitrogen and oxygen atoms in total. The molecule has 0 saturated heterocycles. The quantitative estimate of drug-likeness (QED) is 0.402. The Balaban J connectivity index is 1.45. The van der Waals surface area contributed by atoms with Gasteiger partial charge < -0.3 is 25.4 Å². The van der Waals surface area contributed by atoms with Crippen molar-refractivity contribution in [3.05, 3.63) is 90.0 Å². The Bertz CT molecular complexity index is 1010. The molecule has 166 valence electrons. The van der Waals surface area contributed by atoms with Crippen molar-refractivity contribution < 1.29 is 19.1 Å². The van der Waals surface area contributed by atoms with E-state index in [2.05, 4.69) is 16.0 Å². The highest BCUT2D eigenvalue weighted by atomic mass is 16.5. The molecular weight excluding hydrogens is 406 g/mol. The van der Waals surface area contributed by atoms with Gasteiger partial charge in [0.2, 0.25) is 5.91 Å². The van der Waals surface area contributed by atoms with E-state index in [0.29, 0.717) is 31.0 Å².